The second kappa shape index (κ2) is 11.3. The number of carbonyl (C=O) groups is 2. The van der Waals surface area contributed by atoms with E-state index in [0.717, 1.165) is 5.52 Å². The first kappa shape index (κ1) is 23.9. The Bertz CT molecular complexity index is 1290. The van der Waals surface area contributed by atoms with E-state index in [1.54, 1.807) is 25.3 Å². The molecule has 0 saturated carbocycles. The van der Waals surface area contributed by atoms with Crippen molar-refractivity contribution in [2.24, 2.45) is 0 Å². The number of fused-ring (bicyclic) bond motifs is 1. The van der Waals surface area contributed by atoms with Crippen LogP contribution in [-0.4, -0.2) is 54.2 Å². The molecule has 4 rings (SSSR count). The van der Waals surface area contributed by atoms with E-state index in [1.165, 1.54) is 16.7 Å². The van der Waals surface area contributed by atoms with Crippen molar-refractivity contribution in [3.63, 3.8) is 0 Å². The third-order valence-corrected chi connectivity index (χ3v) is 5.55. The lowest BCUT2D eigenvalue weighted by molar-refractivity contribution is -0.127. The third kappa shape index (κ3) is 5.30. The number of ether oxygens (including phenoxy) is 2. The Kier molecular flexibility index (Phi) is 7.69. The topological polar surface area (TPSA) is 98.6 Å². The molecule has 180 valence electrons. The molecule has 0 unspecified atom stereocenters. The number of nitrogens with zero attached hydrogens (tertiary/aromatic N) is 4. The summed E-state index contributed by atoms with van der Waals surface area (Å²) in [5.41, 5.74) is 2.54. The summed E-state index contributed by atoms with van der Waals surface area (Å²) in [5.74, 6) is -0.216. The van der Waals surface area contributed by atoms with Gasteiger partial charge in [0, 0.05) is 13.7 Å². The first-order valence-electron chi connectivity index (χ1n) is 11.2. The molecule has 1 N–H and O–H groups in total. The Hall–Kier alpha value is -4.24. The van der Waals surface area contributed by atoms with Crippen molar-refractivity contribution in [1.29, 1.82) is 0 Å². The van der Waals surface area contributed by atoms with Gasteiger partial charge in [0.05, 0.1) is 24.9 Å². The number of hydrogen-bond acceptors (Lipinski definition) is 6. The Morgan fingerprint density at radius 1 is 0.971 bits per heavy atom. The number of amides is 2. The Labute approximate surface area is 203 Å². The van der Waals surface area contributed by atoms with Crippen molar-refractivity contribution in [2.45, 2.75) is 12.6 Å². The van der Waals surface area contributed by atoms with Crippen LogP contribution in [-0.2, 0) is 20.9 Å². The molecule has 0 saturated heterocycles. The monoisotopic (exact) mass is 473 g/mol. The van der Waals surface area contributed by atoms with Crippen LogP contribution in [0, 0.1) is 0 Å². The summed E-state index contributed by atoms with van der Waals surface area (Å²) in [6.45, 7) is 0.536. The highest BCUT2D eigenvalue weighted by Gasteiger charge is 2.34. The number of para-hydroxylation sites is 3. The lowest BCUT2D eigenvalue weighted by atomic mass is 10.0. The van der Waals surface area contributed by atoms with E-state index < -0.39 is 6.04 Å². The zero-order chi connectivity index (χ0) is 24.6. The lowest BCUT2D eigenvalue weighted by Gasteiger charge is -2.32. The minimum atomic E-state index is -0.952. The Morgan fingerprint density at radius 2 is 1.69 bits per heavy atom. The molecule has 0 bridgehead atoms. The summed E-state index contributed by atoms with van der Waals surface area (Å²) in [7, 11) is 3.09. The molecule has 9 nitrogen and oxygen atoms in total. The van der Waals surface area contributed by atoms with Crippen LogP contribution < -0.4 is 15.0 Å². The predicted octanol–water partition coefficient (Wildman–Crippen LogP) is 2.98. The fourth-order valence-electron chi connectivity index (χ4n) is 3.91. The fraction of sp³-hybridized carbons (Fsp3) is 0.231. The number of rotatable bonds is 10. The van der Waals surface area contributed by atoms with Crippen LogP contribution in [0.15, 0.2) is 78.9 Å². The molecule has 1 aromatic heterocycles. The van der Waals surface area contributed by atoms with Crippen molar-refractivity contribution < 1.29 is 19.1 Å². The molecule has 4 aromatic rings. The fourth-order valence-corrected chi connectivity index (χ4v) is 3.91. The smallest absolute Gasteiger partial charge is 0.249 e. The molecule has 0 fully saturated rings. The predicted molar refractivity (Wildman–Crippen MR) is 132 cm³/mol. The maximum Gasteiger partial charge on any atom is 0.249 e. The summed E-state index contributed by atoms with van der Waals surface area (Å²) >= 11 is 0. The van der Waals surface area contributed by atoms with Crippen molar-refractivity contribution in [3.05, 3.63) is 84.4 Å². The Morgan fingerprint density at radius 3 is 2.46 bits per heavy atom. The molecule has 9 heteroatoms. The van der Waals surface area contributed by atoms with Gasteiger partial charge in [0.25, 0.3) is 0 Å². The maximum atomic E-state index is 13.9. The number of nitrogens with one attached hydrogen (secondary N) is 1. The van der Waals surface area contributed by atoms with Crippen LogP contribution >= 0.6 is 0 Å². The number of anilines is 1. The van der Waals surface area contributed by atoms with Gasteiger partial charge in [-0.15, -0.1) is 5.10 Å². The molecule has 0 spiro atoms. The van der Waals surface area contributed by atoms with Gasteiger partial charge in [0.1, 0.15) is 23.9 Å². The molecule has 35 heavy (non-hydrogen) atoms. The number of hydrogen-bond donors (Lipinski definition) is 1. The average molecular weight is 474 g/mol. The zero-order valence-electron chi connectivity index (χ0n) is 19.6. The molecular formula is C26H27N5O4. The molecule has 0 radical (unpaired) electrons. The molecule has 2 amide bonds. The SMILES string of the molecule is COCCNC(=O)[C@@H](c1ccccc1)N(C(=O)Cn1nnc2ccccc21)c1ccccc1OC. The van der Waals surface area contributed by atoms with E-state index in [-0.39, 0.29) is 18.4 Å². The van der Waals surface area contributed by atoms with Crippen molar-refractivity contribution >= 4 is 28.5 Å². The molecule has 0 aliphatic rings. The van der Waals surface area contributed by atoms with Crippen molar-refractivity contribution in [3.8, 4) is 5.75 Å². The number of benzene rings is 3. The number of aromatic nitrogens is 3. The van der Waals surface area contributed by atoms with Gasteiger partial charge in [0.2, 0.25) is 11.8 Å². The van der Waals surface area contributed by atoms with Gasteiger partial charge in [-0.3, -0.25) is 14.5 Å². The van der Waals surface area contributed by atoms with Crippen molar-refractivity contribution in [1.82, 2.24) is 20.3 Å². The summed E-state index contributed by atoms with van der Waals surface area (Å²) in [4.78, 5) is 28.9. The summed E-state index contributed by atoms with van der Waals surface area (Å²) < 4.78 is 12.2. The van der Waals surface area contributed by atoms with Gasteiger partial charge in [-0.05, 0) is 29.8 Å². The van der Waals surface area contributed by atoms with E-state index in [1.807, 2.05) is 60.7 Å². The van der Waals surface area contributed by atoms with Crippen LogP contribution in [0.3, 0.4) is 0 Å². The molecule has 1 atom stereocenters. The van der Waals surface area contributed by atoms with Gasteiger partial charge in [-0.1, -0.05) is 59.8 Å². The van der Waals surface area contributed by atoms with Crippen LogP contribution in [0.2, 0.25) is 0 Å². The summed E-state index contributed by atoms with van der Waals surface area (Å²) in [5, 5.41) is 11.2. The second-order valence-corrected chi connectivity index (χ2v) is 7.77. The van der Waals surface area contributed by atoms with E-state index in [2.05, 4.69) is 15.6 Å². The van der Waals surface area contributed by atoms with E-state index in [9.17, 15) is 9.59 Å². The minimum Gasteiger partial charge on any atom is -0.495 e. The number of methoxy groups -OCH3 is 2. The van der Waals surface area contributed by atoms with Crippen molar-refractivity contribution in [2.75, 3.05) is 32.3 Å². The lowest BCUT2D eigenvalue weighted by Crippen LogP contribution is -2.46. The third-order valence-electron chi connectivity index (χ3n) is 5.55. The minimum absolute atomic E-state index is 0.118. The largest absolute Gasteiger partial charge is 0.495 e. The Balaban J connectivity index is 1.79. The summed E-state index contributed by atoms with van der Waals surface area (Å²) in [6, 6.07) is 22.7. The first-order chi connectivity index (χ1) is 17.1. The van der Waals surface area contributed by atoms with Crippen LogP contribution in [0.25, 0.3) is 11.0 Å². The highest BCUT2D eigenvalue weighted by molar-refractivity contribution is 6.02. The standard InChI is InChI=1S/C26H27N5O4/c1-34-17-16-27-26(33)25(19-10-4-3-5-11-19)31(22-14-8-9-15-23(22)35-2)24(32)18-30-21-13-7-6-12-20(21)28-29-30/h3-15,25H,16-18H2,1-2H3,(H,27,33)/t25-/m1/s1. The average Bonchev–Trinajstić information content (AvgIpc) is 3.30. The zero-order valence-corrected chi connectivity index (χ0v) is 19.6. The molecular weight excluding hydrogens is 446 g/mol. The highest BCUT2D eigenvalue weighted by atomic mass is 16.5. The van der Waals surface area contributed by atoms with Gasteiger partial charge in [-0.2, -0.15) is 0 Å². The van der Waals surface area contributed by atoms with E-state index in [4.69, 9.17) is 9.47 Å². The van der Waals surface area contributed by atoms with E-state index in [0.29, 0.717) is 35.7 Å². The highest BCUT2D eigenvalue weighted by Crippen LogP contribution is 2.35. The van der Waals surface area contributed by atoms with Gasteiger partial charge in [0.15, 0.2) is 0 Å². The number of carbonyl (C=O) groups excluding carboxylic acids is 2. The van der Waals surface area contributed by atoms with E-state index >= 15 is 0 Å². The quantitative estimate of drug-likeness (QED) is 0.356. The summed E-state index contributed by atoms with van der Waals surface area (Å²) in [6.07, 6.45) is 0. The van der Waals surface area contributed by atoms with Crippen LogP contribution in [0.5, 0.6) is 5.75 Å². The second-order valence-electron chi connectivity index (χ2n) is 7.77. The molecule has 0 aliphatic carbocycles. The first-order valence-corrected chi connectivity index (χ1v) is 11.2. The maximum absolute atomic E-state index is 13.9. The molecule has 0 aliphatic heterocycles. The van der Waals surface area contributed by atoms with Gasteiger partial charge < -0.3 is 14.8 Å². The normalized spacial score (nSPS) is 11.7. The van der Waals surface area contributed by atoms with Crippen LogP contribution in [0.4, 0.5) is 5.69 Å². The van der Waals surface area contributed by atoms with Crippen LogP contribution in [0.1, 0.15) is 11.6 Å². The van der Waals surface area contributed by atoms with Gasteiger partial charge >= 0.3 is 0 Å². The van der Waals surface area contributed by atoms with Gasteiger partial charge in [-0.25, -0.2) is 4.68 Å². The molecule has 3 aromatic carbocycles. The molecule has 1 heterocycles.